The summed E-state index contributed by atoms with van der Waals surface area (Å²) in [6.45, 7) is 5.80. The number of hydrogen-bond acceptors (Lipinski definition) is 3. The average Bonchev–Trinajstić information content (AvgIpc) is 2.98. The summed E-state index contributed by atoms with van der Waals surface area (Å²) in [5.41, 5.74) is 0.915. The maximum Gasteiger partial charge on any atom is 0.175 e. The SMILES string of the molecule is CCN1CCC(Cc2nnc3c(Br)cccn23)C1. The van der Waals surface area contributed by atoms with Crippen LogP contribution in [0.1, 0.15) is 19.2 Å². The molecule has 1 aliphatic rings. The van der Waals surface area contributed by atoms with Crippen LogP contribution in [0, 0.1) is 5.92 Å². The van der Waals surface area contributed by atoms with Gasteiger partial charge >= 0.3 is 0 Å². The van der Waals surface area contributed by atoms with E-state index in [1.807, 2.05) is 18.3 Å². The van der Waals surface area contributed by atoms with Crippen LogP contribution in [0.25, 0.3) is 5.65 Å². The monoisotopic (exact) mass is 308 g/mol. The minimum atomic E-state index is 0.719. The van der Waals surface area contributed by atoms with Crippen molar-refractivity contribution in [3.8, 4) is 0 Å². The number of aromatic nitrogens is 3. The Kier molecular flexibility index (Phi) is 3.35. The van der Waals surface area contributed by atoms with E-state index in [-0.39, 0.29) is 0 Å². The Hall–Kier alpha value is -0.940. The first kappa shape index (κ1) is 12.1. The van der Waals surface area contributed by atoms with Gasteiger partial charge in [0.1, 0.15) is 5.82 Å². The fourth-order valence-electron chi connectivity index (χ4n) is 2.70. The van der Waals surface area contributed by atoms with Crippen LogP contribution in [0.4, 0.5) is 0 Å². The number of halogens is 1. The van der Waals surface area contributed by atoms with Gasteiger partial charge in [-0.3, -0.25) is 4.40 Å². The zero-order chi connectivity index (χ0) is 12.5. The summed E-state index contributed by atoms with van der Waals surface area (Å²) in [5.74, 6) is 1.80. The van der Waals surface area contributed by atoms with Gasteiger partial charge in [0, 0.05) is 19.2 Å². The largest absolute Gasteiger partial charge is 0.303 e. The van der Waals surface area contributed by atoms with Gasteiger partial charge in [0.2, 0.25) is 0 Å². The Balaban J connectivity index is 1.81. The fourth-order valence-corrected chi connectivity index (χ4v) is 3.12. The van der Waals surface area contributed by atoms with Gasteiger partial charge in [0.15, 0.2) is 5.65 Å². The topological polar surface area (TPSA) is 33.4 Å². The molecule has 3 rings (SSSR count). The normalized spacial score (nSPS) is 20.9. The second kappa shape index (κ2) is 4.97. The Morgan fingerprint density at radius 1 is 1.44 bits per heavy atom. The van der Waals surface area contributed by atoms with E-state index in [0.717, 1.165) is 34.8 Å². The maximum absolute atomic E-state index is 4.33. The molecular weight excluding hydrogens is 292 g/mol. The average molecular weight is 309 g/mol. The lowest BCUT2D eigenvalue weighted by Crippen LogP contribution is -2.20. The summed E-state index contributed by atoms with van der Waals surface area (Å²) in [6, 6.07) is 4.03. The fraction of sp³-hybridized carbons (Fsp3) is 0.538. The van der Waals surface area contributed by atoms with E-state index in [1.54, 1.807) is 0 Å². The third-order valence-corrected chi connectivity index (χ3v) is 4.37. The minimum absolute atomic E-state index is 0.719. The number of fused-ring (bicyclic) bond motifs is 1. The van der Waals surface area contributed by atoms with Gasteiger partial charge in [-0.1, -0.05) is 6.92 Å². The maximum atomic E-state index is 4.33. The lowest BCUT2D eigenvalue weighted by molar-refractivity contribution is 0.340. The Labute approximate surface area is 115 Å². The molecule has 18 heavy (non-hydrogen) atoms. The van der Waals surface area contributed by atoms with Crippen molar-refractivity contribution in [2.75, 3.05) is 19.6 Å². The van der Waals surface area contributed by atoms with Gasteiger partial charge < -0.3 is 4.90 Å². The molecule has 4 nitrogen and oxygen atoms in total. The highest BCUT2D eigenvalue weighted by Crippen LogP contribution is 2.22. The molecule has 1 aliphatic heterocycles. The predicted octanol–water partition coefficient (Wildman–Crippen LogP) is 2.38. The highest BCUT2D eigenvalue weighted by atomic mass is 79.9. The van der Waals surface area contributed by atoms with Crippen LogP contribution in [0.5, 0.6) is 0 Å². The van der Waals surface area contributed by atoms with Crippen LogP contribution in [-0.4, -0.2) is 39.1 Å². The van der Waals surface area contributed by atoms with Gasteiger partial charge in [-0.15, -0.1) is 10.2 Å². The van der Waals surface area contributed by atoms with E-state index in [1.165, 1.54) is 19.5 Å². The summed E-state index contributed by atoms with van der Waals surface area (Å²) in [6.07, 6.45) is 4.34. The van der Waals surface area contributed by atoms with E-state index < -0.39 is 0 Å². The first-order valence-electron chi connectivity index (χ1n) is 6.48. The standard InChI is InChI=1S/C13H17BrN4/c1-2-17-7-5-10(9-17)8-12-15-16-13-11(14)4-3-6-18(12)13/h3-4,6,10H,2,5,7-9H2,1H3. The van der Waals surface area contributed by atoms with Gasteiger partial charge in [0.25, 0.3) is 0 Å². The lowest BCUT2D eigenvalue weighted by atomic mass is 10.0. The van der Waals surface area contributed by atoms with Gasteiger partial charge in [-0.2, -0.15) is 0 Å². The summed E-state index contributed by atoms with van der Waals surface area (Å²) < 4.78 is 3.10. The Morgan fingerprint density at radius 2 is 2.33 bits per heavy atom. The highest BCUT2D eigenvalue weighted by Gasteiger charge is 2.23. The first-order chi connectivity index (χ1) is 8.78. The molecule has 0 aliphatic carbocycles. The van der Waals surface area contributed by atoms with E-state index in [2.05, 4.69) is 42.4 Å². The van der Waals surface area contributed by atoms with Crippen LogP contribution in [0.3, 0.4) is 0 Å². The molecule has 0 N–H and O–H groups in total. The highest BCUT2D eigenvalue weighted by molar-refractivity contribution is 9.10. The predicted molar refractivity (Wildman–Crippen MR) is 74.6 cm³/mol. The van der Waals surface area contributed by atoms with E-state index in [4.69, 9.17) is 0 Å². The molecule has 1 fully saturated rings. The van der Waals surface area contributed by atoms with Gasteiger partial charge in [0.05, 0.1) is 4.47 Å². The second-order valence-corrected chi connectivity index (χ2v) is 5.77. The zero-order valence-electron chi connectivity index (χ0n) is 10.5. The van der Waals surface area contributed by atoms with Gasteiger partial charge in [-0.25, -0.2) is 0 Å². The number of hydrogen-bond donors (Lipinski definition) is 0. The molecule has 0 amide bonds. The summed E-state index contributed by atoms with van der Waals surface area (Å²) in [4.78, 5) is 2.50. The van der Waals surface area contributed by atoms with Crippen molar-refractivity contribution in [2.45, 2.75) is 19.8 Å². The van der Waals surface area contributed by atoms with Crippen molar-refractivity contribution in [3.63, 3.8) is 0 Å². The Morgan fingerprint density at radius 3 is 3.11 bits per heavy atom. The molecule has 0 aromatic carbocycles. The van der Waals surface area contributed by atoms with E-state index in [0.29, 0.717) is 0 Å². The summed E-state index contributed by atoms with van der Waals surface area (Å²) in [5, 5.41) is 8.59. The van der Waals surface area contributed by atoms with Crippen molar-refractivity contribution in [3.05, 3.63) is 28.6 Å². The van der Waals surface area contributed by atoms with Gasteiger partial charge in [-0.05, 0) is 53.5 Å². The molecule has 96 valence electrons. The van der Waals surface area contributed by atoms with E-state index >= 15 is 0 Å². The molecule has 0 bridgehead atoms. The van der Waals surface area contributed by atoms with Crippen LogP contribution >= 0.6 is 15.9 Å². The van der Waals surface area contributed by atoms with Crippen molar-refractivity contribution in [1.29, 1.82) is 0 Å². The number of pyridine rings is 1. The third kappa shape index (κ3) is 2.17. The molecule has 2 aromatic heterocycles. The zero-order valence-corrected chi connectivity index (χ0v) is 12.1. The molecule has 0 radical (unpaired) electrons. The molecule has 1 unspecified atom stereocenters. The quantitative estimate of drug-likeness (QED) is 0.873. The summed E-state index contributed by atoms with van der Waals surface area (Å²) in [7, 11) is 0. The molecular formula is C13H17BrN4. The van der Waals surface area contributed by atoms with Crippen LogP contribution < -0.4 is 0 Å². The first-order valence-corrected chi connectivity index (χ1v) is 7.27. The van der Waals surface area contributed by atoms with Crippen molar-refractivity contribution < 1.29 is 0 Å². The molecule has 3 heterocycles. The molecule has 1 atom stereocenters. The van der Waals surface area contributed by atoms with Crippen molar-refractivity contribution >= 4 is 21.6 Å². The van der Waals surface area contributed by atoms with Crippen LogP contribution in [0.2, 0.25) is 0 Å². The van der Waals surface area contributed by atoms with Crippen LogP contribution in [0.15, 0.2) is 22.8 Å². The number of likely N-dealkylation sites (tertiary alicyclic amines) is 1. The lowest BCUT2D eigenvalue weighted by Gasteiger charge is -2.12. The molecule has 2 aromatic rings. The second-order valence-electron chi connectivity index (χ2n) is 4.92. The molecule has 1 saturated heterocycles. The van der Waals surface area contributed by atoms with Crippen molar-refractivity contribution in [1.82, 2.24) is 19.5 Å². The van der Waals surface area contributed by atoms with E-state index in [9.17, 15) is 0 Å². The number of nitrogens with zero attached hydrogens (tertiary/aromatic N) is 4. The smallest absolute Gasteiger partial charge is 0.175 e. The minimum Gasteiger partial charge on any atom is -0.303 e. The third-order valence-electron chi connectivity index (χ3n) is 3.75. The molecule has 0 spiro atoms. The summed E-state index contributed by atoms with van der Waals surface area (Å²) >= 11 is 3.51. The Bertz CT molecular complexity index is 551. The molecule has 0 saturated carbocycles. The molecule has 5 heteroatoms. The van der Waals surface area contributed by atoms with Crippen LogP contribution in [-0.2, 0) is 6.42 Å². The number of rotatable bonds is 3. The van der Waals surface area contributed by atoms with Crippen molar-refractivity contribution in [2.24, 2.45) is 5.92 Å².